The van der Waals surface area contributed by atoms with E-state index >= 15 is 0 Å². The Bertz CT molecular complexity index is 712. The summed E-state index contributed by atoms with van der Waals surface area (Å²) in [4.78, 5) is 8.89. The van der Waals surface area contributed by atoms with Crippen LogP contribution in [0.15, 0.2) is 24.3 Å². The number of fused-ring (bicyclic) bond motifs is 1. The minimum atomic E-state index is 0.0604. The third kappa shape index (κ3) is 1.65. The molecule has 2 N–H and O–H groups in total. The summed E-state index contributed by atoms with van der Waals surface area (Å²) in [5.74, 6) is 0. The van der Waals surface area contributed by atoms with Gasteiger partial charge in [0.25, 0.3) is 0 Å². The van der Waals surface area contributed by atoms with E-state index in [-0.39, 0.29) is 6.61 Å². The van der Waals surface area contributed by atoms with Crippen molar-refractivity contribution in [2.75, 3.05) is 0 Å². The highest BCUT2D eigenvalue weighted by atomic mass is 32.1. The van der Waals surface area contributed by atoms with E-state index in [0.717, 1.165) is 32.4 Å². The fourth-order valence-electron chi connectivity index (χ4n) is 2.23. The summed E-state index contributed by atoms with van der Waals surface area (Å²) in [5, 5.41) is 11.4. The second kappa shape index (κ2) is 4.23. The Labute approximate surface area is 109 Å². The van der Waals surface area contributed by atoms with Crippen LogP contribution in [0.5, 0.6) is 0 Å². The first-order valence-corrected chi connectivity index (χ1v) is 6.67. The van der Waals surface area contributed by atoms with Crippen molar-refractivity contribution in [2.24, 2.45) is 0 Å². The number of H-pyrrole nitrogens is 1. The number of benzene rings is 1. The molecule has 0 atom stereocenters. The maximum atomic E-state index is 9.27. The number of nitrogens with one attached hydrogen (secondary N) is 1. The Morgan fingerprint density at radius 3 is 2.78 bits per heavy atom. The number of aryl methyl sites for hydroxylation is 2. The van der Waals surface area contributed by atoms with Crippen LogP contribution in [0.4, 0.5) is 0 Å². The Kier molecular flexibility index (Phi) is 2.69. The van der Waals surface area contributed by atoms with Crippen molar-refractivity contribution in [3.63, 3.8) is 0 Å². The van der Waals surface area contributed by atoms with Gasteiger partial charge in [0.15, 0.2) is 0 Å². The number of aliphatic hydroxyl groups is 1. The van der Waals surface area contributed by atoms with Gasteiger partial charge in [-0.3, -0.25) is 0 Å². The molecule has 3 aromatic rings. The SMILES string of the molecule is Cc1nc(-c2c(C)[nH]c3ccccc23)sc1CO. The van der Waals surface area contributed by atoms with E-state index in [0.29, 0.717) is 0 Å². The summed E-state index contributed by atoms with van der Waals surface area (Å²) in [6.45, 7) is 4.06. The molecule has 0 fully saturated rings. The summed E-state index contributed by atoms with van der Waals surface area (Å²) in [6, 6.07) is 8.23. The van der Waals surface area contributed by atoms with E-state index in [1.54, 1.807) is 11.3 Å². The van der Waals surface area contributed by atoms with Crippen LogP contribution in [-0.2, 0) is 6.61 Å². The van der Waals surface area contributed by atoms with E-state index in [1.165, 1.54) is 5.39 Å². The molecule has 0 aliphatic heterocycles. The zero-order valence-corrected chi connectivity index (χ0v) is 11.1. The molecule has 3 rings (SSSR count). The number of aliphatic hydroxyl groups excluding tert-OH is 1. The van der Waals surface area contributed by atoms with Gasteiger partial charge in [0.05, 0.1) is 17.2 Å². The third-order valence-electron chi connectivity index (χ3n) is 3.14. The molecule has 0 saturated heterocycles. The average molecular weight is 258 g/mol. The second-order valence-corrected chi connectivity index (χ2v) is 5.44. The van der Waals surface area contributed by atoms with E-state index in [1.807, 2.05) is 19.1 Å². The molecule has 0 aliphatic rings. The van der Waals surface area contributed by atoms with Gasteiger partial charge >= 0.3 is 0 Å². The first-order chi connectivity index (χ1) is 8.70. The van der Waals surface area contributed by atoms with E-state index in [2.05, 4.69) is 29.0 Å². The second-order valence-electron chi connectivity index (χ2n) is 4.36. The van der Waals surface area contributed by atoms with Gasteiger partial charge in [-0.05, 0) is 19.9 Å². The van der Waals surface area contributed by atoms with Gasteiger partial charge in [-0.1, -0.05) is 18.2 Å². The van der Waals surface area contributed by atoms with Gasteiger partial charge in [-0.15, -0.1) is 11.3 Å². The largest absolute Gasteiger partial charge is 0.391 e. The standard InChI is InChI=1S/C14H14N2OS/c1-8-12(7-17)18-14(16-8)13-9(2)15-11-6-4-3-5-10(11)13/h3-6,15,17H,7H2,1-2H3. The van der Waals surface area contributed by atoms with Crippen molar-refractivity contribution in [3.05, 3.63) is 40.5 Å². The summed E-state index contributed by atoms with van der Waals surface area (Å²) in [6.07, 6.45) is 0. The van der Waals surface area contributed by atoms with Crippen molar-refractivity contribution in [2.45, 2.75) is 20.5 Å². The number of nitrogens with zero attached hydrogens (tertiary/aromatic N) is 1. The summed E-state index contributed by atoms with van der Waals surface area (Å²) < 4.78 is 0. The first kappa shape index (κ1) is 11.4. The molecule has 0 bridgehead atoms. The highest BCUT2D eigenvalue weighted by Gasteiger charge is 2.15. The molecule has 1 aromatic carbocycles. The van der Waals surface area contributed by atoms with Crippen LogP contribution in [0.25, 0.3) is 21.5 Å². The molecule has 0 spiro atoms. The highest BCUT2D eigenvalue weighted by molar-refractivity contribution is 7.15. The van der Waals surface area contributed by atoms with Crippen molar-refractivity contribution >= 4 is 22.2 Å². The molecule has 2 aromatic heterocycles. The molecule has 0 saturated carbocycles. The average Bonchev–Trinajstić information content (AvgIpc) is 2.88. The lowest BCUT2D eigenvalue weighted by atomic mass is 10.1. The molecule has 0 amide bonds. The van der Waals surface area contributed by atoms with Crippen molar-refractivity contribution in [1.82, 2.24) is 9.97 Å². The topological polar surface area (TPSA) is 48.9 Å². The third-order valence-corrected chi connectivity index (χ3v) is 4.30. The molecule has 2 heterocycles. The van der Waals surface area contributed by atoms with Crippen LogP contribution in [-0.4, -0.2) is 15.1 Å². The van der Waals surface area contributed by atoms with Gasteiger partial charge in [0.1, 0.15) is 5.01 Å². The van der Waals surface area contributed by atoms with Gasteiger partial charge < -0.3 is 10.1 Å². The molecule has 4 heteroatoms. The van der Waals surface area contributed by atoms with Gasteiger partial charge in [-0.2, -0.15) is 0 Å². The Morgan fingerprint density at radius 1 is 1.28 bits per heavy atom. The number of hydrogen-bond donors (Lipinski definition) is 2. The predicted molar refractivity (Wildman–Crippen MR) is 74.8 cm³/mol. The van der Waals surface area contributed by atoms with E-state index in [4.69, 9.17) is 0 Å². The van der Waals surface area contributed by atoms with Crippen molar-refractivity contribution in [3.8, 4) is 10.6 Å². The number of aromatic nitrogens is 2. The Morgan fingerprint density at radius 2 is 2.06 bits per heavy atom. The fraction of sp³-hybridized carbons (Fsp3) is 0.214. The van der Waals surface area contributed by atoms with Crippen LogP contribution in [0.3, 0.4) is 0 Å². The van der Waals surface area contributed by atoms with Gasteiger partial charge in [0.2, 0.25) is 0 Å². The molecule has 3 nitrogen and oxygen atoms in total. The molecular formula is C14H14N2OS. The molecular weight excluding hydrogens is 244 g/mol. The molecule has 0 radical (unpaired) electrons. The fourth-order valence-corrected chi connectivity index (χ4v) is 3.27. The molecule has 18 heavy (non-hydrogen) atoms. The number of hydrogen-bond acceptors (Lipinski definition) is 3. The lowest BCUT2D eigenvalue weighted by molar-refractivity contribution is 0.284. The molecule has 0 unspecified atom stereocenters. The van der Waals surface area contributed by atoms with Gasteiger partial charge in [0, 0.05) is 22.2 Å². The number of thiazole rings is 1. The van der Waals surface area contributed by atoms with Crippen LogP contribution in [0.1, 0.15) is 16.3 Å². The lowest BCUT2D eigenvalue weighted by Crippen LogP contribution is -1.81. The number of rotatable bonds is 2. The Balaban J connectivity index is 2.27. The summed E-state index contributed by atoms with van der Waals surface area (Å²) >= 11 is 1.57. The predicted octanol–water partition coefficient (Wildman–Crippen LogP) is 3.40. The number of aromatic amines is 1. The molecule has 0 aliphatic carbocycles. The summed E-state index contributed by atoms with van der Waals surface area (Å²) in [7, 11) is 0. The maximum Gasteiger partial charge on any atom is 0.126 e. The number of para-hydroxylation sites is 1. The quantitative estimate of drug-likeness (QED) is 0.740. The minimum absolute atomic E-state index is 0.0604. The maximum absolute atomic E-state index is 9.27. The van der Waals surface area contributed by atoms with Crippen molar-refractivity contribution < 1.29 is 5.11 Å². The van der Waals surface area contributed by atoms with Crippen LogP contribution >= 0.6 is 11.3 Å². The van der Waals surface area contributed by atoms with Crippen molar-refractivity contribution in [1.29, 1.82) is 0 Å². The normalized spacial score (nSPS) is 11.3. The van der Waals surface area contributed by atoms with E-state index < -0.39 is 0 Å². The minimum Gasteiger partial charge on any atom is -0.391 e. The highest BCUT2D eigenvalue weighted by Crippen LogP contribution is 2.35. The first-order valence-electron chi connectivity index (χ1n) is 5.85. The zero-order chi connectivity index (χ0) is 12.7. The zero-order valence-electron chi connectivity index (χ0n) is 10.3. The molecule has 92 valence electrons. The monoisotopic (exact) mass is 258 g/mol. The lowest BCUT2D eigenvalue weighted by Gasteiger charge is -1.95. The smallest absolute Gasteiger partial charge is 0.126 e. The van der Waals surface area contributed by atoms with E-state index in [9.17, 15) is 5.11 Å². The van der Waals surface area contributed by atoms with Crippen LogP contribution in [0, 0.1) is 13.8 Å². The van der Waals surface area contributed by atoms with Crippen LogP contribution in [0.2, 0.25) is 0 Å². The van der Waals surface area contributed by atoms with Crippen LogP contribution < -0.4 is 0 Å². The summed E-state index contributed by atoms with van der Waals surface area (Å²) in [5.41, 5.74) is 4.32. The van der Waals surface area contributed by atoms with Gasteiger partial charge in [-0.25, -0.2) is 4.98 Å². The Hall–Kier alpha value is -1.65.